The van der Waals surface area contributed by atoms with Gasteiger partial charge in [0.2, 0.25) is 5.43 Å². The van der Waals surface area contributed by atoms with Crippen LogP contribution in [0.2, 0.25) is 0 Å². The molecule has 0 aliphatic carbocycles. The van der Waals surface area contributed by atoms with Crippen LogP contribution in [0.1, 0.15) is 23.5 Å². The van der Waals surface area contributed by atoms with Gasteiger partial charge < -0.3 is 28.8 Å². The minimum atomic E-state index is -3.06. The van der Waals surface area contributed by atoms with Crippen LogP contribution in [-0.2, 0) is 4.79 Å². The van der Waals surface area contributed by atoms with Gasteiger partial charge in [0.15, 0.2) is 11.5 Å². The summed E-state index contributed by atoms with van der Waals surface area (Å²) < 4.78 is 46.3. The Kier molecular flexibility index (Phi) is 5.71. The highest BCUT2D eigenvalue weighted by atomic mass is 19.3. The van der Waals surface area contributed by atoms with Gasteiger partial charge in [-0.25, -0.2) is 0 Å². The molecule has 1 aliphatic rings. The standard InChI is InChI=1S/C26H18F2O8/c1-33-19-8-13(4-7-18(19)36-26(27)28)15-9-21(31)35-20-10-17(30)23-24(32)16(11-34-25(23)22(15)20)12-2-5-14(29)6-3-12/h2-8,10-11,15,26,29-30H,9H2,1H3/t15-/m1/s1. The number of hydrogen-bond donors (Lipinski definition) is 2. The number of benzene rings is 3. The molecule has 8 nitrogen and oxygen atoms in total. The molecule has 0 bridgehead atoms. The van der Waals surface area contributed by atoms with Gasteiger partial charge in [-0.05, 0) is 35.4 Å². The van der Waals surface area contributed by atoms with E-state index in [-0.39, 0.29) is 46.0 Å². The number of halogens is 2. The van der Waals surface area contributed by atoms with Crippen LogP contribution in [-0.4, -0.2) is 29.9 Å². The van der Waals surface area contributed by atoms with Crippen LogP contribution in [0.15, 0.2) is 64.0 Å². The zero-order chi connectivity index (χ0) is 25.6. The minimum Gasteiger partial charge on any atom is -0.508 e. The Morgan fingerprint density at radius 2 is 1.78 bits per heavy atom. The number of hydrogen-bond acceptors (Lipinski definition) is 8. The van der Waals surface area contributed by atoms with Crippen molar-refractivity contribution < 1.29 is 42.4 Å². The average Bonchev–Trinajstić information content (AvgIpc) is 2.84. The SMILES string of the molecule is COc1cc([C@H]2CC(=O)Oc3cc(O)c4c(=O)c(-c5ccc(O)cc5)coc4c32)ccc1OC(F)F. The van der Waals surface area contributed by atoms with Crippen molar-refractivity contribution in [2.75, 3.05) is 7.11 Å². The molecule has 0 saturated heterocycles. The Morgan fingerprint density at radius 3 is 2.47 bits per heavy atom. The molecule has 0 spiro atoms. The summed E-state index contributed by atoms with van der Waals surface area (Å²) in [7, 11) is 1.29. The Bertz CT molecular complexity index is 1540. The van der Waals surface area contributed by atoms with Crippen LogP contribution in [0, 0.1) is 0 Å². The lowest BCUT2D eigenvalue weighted by Crippen LogP contribution is -2.22. The first kappa shape index (κ1) is 23.2. The highest BCUT2D eigenvalue weighted by molar-refractivity contribution is 5.94. The molecule has 0 radical (unpaired) electrons. The van der Waals surface area contributed by atoms with Crippen molar-refractivity contribution in [3.8, 4) is 39.9 Å². The van der Waals surface area contributed by atoms with Crippen molar-refractivity contribution in [2.45, 2.75) is 19.0 Å². The van der Waals surface area contributed by atoms with E-state index in [0.717, 1.165) is 0 Å². The van der Waals surface area contributed by atoms with E-state index in [1.54, 1.807) is 0 Å². The molecule has 1 atom stereocenters. The molecule has 0 fully saturated rings. The topological polar surface area (TPSA) is 115 Å². The van der Waals surface area contributed by atoms with Gasteiger partial charge in [-0.3, -0.25) is 9.59 Å². The third-order valence-electron chi connectivity index (χ3n) is 5.95. The number of carbonyl (C=O) groups is 1. The monoisotopic (exact) mass is 496 g/mol. The minimum absolute atomic E-state index is 0.00802. The Labute approximate surface area is 201 Å². The Balaban J connectivity index is 1.70. The summed E-state index contributed by atoms with van der Waals surface area (Å²) in [6, 6.07) is 11.3. The third kappa shape index (κ3) is 3.96. The molecule has 2 N–H and O–H groups in total. The summed E-state index contributed by atoms with van der Waals surface area (Å²) in [5.41, 5.74) is 0.920. The number of methoxy groups -OCH3 is 1. The summed E-state index contributed by atoms with van der Waals surface area (Å²) in [5.74, 6) is -1.88. The van der Waals surface area contributed by atoms with Gasteiger partial charge in [0.05, 0.1) is 19.1 Å². The molecule has 5 rings (SSSR count). The van der Waals surface area contributed by atoms with Crippen molar-refractivity contribution in [3.63, 3.8) is 0 Å². The van der Waals surface area contributed by atoms with Gasteiger partial charge in [0.25, 0.3) is 0 Å². The largest absolute Gasteiger partial charge is 0.508 e. The van der Waals surface area contributed by atoms with Crippen LogP contribution in [0.25, 0.3) is 22.1 Å². The molecular formula is C26H18F2O8. The van der Waals surface area contributed by atoms with E-state index in [1.165, 1.54) is 61.9 Å². The summed E-state index contributed by atoms with van der Waals surface area (Å²) in [6.45, 7) is -3.06. The van der Waals surface area contributed by atoms with Crippen molar-refractivity contribution >= 4 is 16.9 Å². The lowest BCUT2D eigenvalue weighted by molar-refractivity contribution is -0.135. The average molecular weight is 496 g/mol. The molecule has 3 aromatic carbocycles. The molecule has 1 aromatic heterocycles. The van der Waals surface area contributed by atoms with Gasteiger partial charge >= 0.3 is 12.6 Å². The van der Waals surface area contributed by atoms with E-state index in [2.05, 4.69) is 4.74 Å². The number of phenols is 2. The second-order valence-corrected chi connectivity index (χ2v) is 8.06. The second-order valence-electron chi connectivity index (χ2n) is 8.06. The van der Waals surface area contributed by atoms with Crippen LogP contribution in [0.3, 0.4) is 0 Å². The number of esters is 1. The van der Waals surface area contributed by atoms with Crippen LogP contribution in [0.5, 0.6) is 28.7 Å². The maximum atomic E-state index is 13.4. The first-order valence-corrected chi connectivity index (χ1v) is 10.7. The smallest absolute Gasteiger partial charge is 0.387 e. The maximum Gasteiger partial charge on any atom is 0.387 e. The first-order valence-electron chi connectivity index (χ1n) is 10.7. The molecule has 2 heterocycles. The van der Waals surface area contributed by atoms with Gasteiger partial charge in [-0.15, -0.1) is 0 Å². The maximum absolute atomic E-state index is 13.4. The molecule has 36 heavy (non-hydrogen) atoms. The quantitative estimate of drug-likeness (QED) is 0.296. The third-order valence-corrected chi connectivity index (χ3v) is 5.95. The van der Waals surface area contributed by atoms with Crippen LogP contribution >= 0.6 is 0 Å². The molecule has 1 aliphatic heterocycles. The zero-order valence-corrected chi connectivity index (χ0v) is 18.7. The molecular weight excluding hydrogens is 478 g/mol. The number of alkyl halides is 2. The predicted molar refractivity (Wildman–Crippen MR) is 123 cm³/mol. The molecule has 10 heteroatoms. The predicted octanol–water partition coefficient (Wildman–Crippen LogP) is 4.92. The summed E-state index contributed by atoms with van der Waals surface area (Å²) in [4.78, 5) is 25.8. The number of ether oxygens (including phenoxy) is 3. The normalized spacial score (nSPS) is 15.0. The van der Waals surface area contributed by atoms with Gasteiger partial charge in [-0.2, -0.15) is 8.78 Å². The Hall–Kier alpha value is -4.60. The lowest BCUT2D eigenvalue weighted by Gasteiger charge is -2.26. The van der Waals surface area contributed by atoms with E-state index >= 15 is 0 Å². The fraction of sp³-hybridized carbons (Fsp3) is 0.154. The van der Waals surface area contributed by atoms with Crippen molar-refractivity contribution in [3.05, 3.63) is 76.1 Å². The van der Waals surface area contributed by atoms with E-state index in [4.69, 9.17) is 13.9 Å². The molecule has 0 amide bonds. The van der Waals surface area contributed by atoms with E-state index in [1.807, 2.05) is 0 Å². The summed E-state index contributed by atoms with van der Waals surface area (Å²) >= 11 is 0. The first-order chi connectivity index (χ1) is 17.3. The number of fused-ring (bicyclic) bond motifs is 3. The Morgan fingerprint density at radius 1 is 1.03 bits per heavy atom. The van der Waals surface area contributed by atoms with E-state index in [0.29, 0.717) is 16.7 Å². The van der Waals surface area contributed by atoms with Crippen LogP contribution in [0.4, 0.5) is 8.78 Å². The highest BCUT2D eigenvalue weighted by Crippen LogP contribution is 2.47. The lowest BCUT2D eigenvalue weighted by atomic mass is 9.84. The number of phenolic OH excluding ortho intramolecular Hbond substituents is 2. The molecule has 4 aromatic rings. The highest BCUT2D eigenvalue weighted by Gasteiger charge is 2.34. The number of carbonyl (C=O) groups excluding carboxylic acids is 1. The number of aromatic hydroxyl groups is 2. The summed E-state index contributed by atoms with van der Waals surface area (Å²) in [6.07, 6.45) is 1.08. The van der Waals surface area contributed by atoms with Crippen molar-refractivity contribution in [1.29, 1.82) is 0 Å². The fourth-order valence-corrected chi connectivity index (χ4v) is 4.35. The molecule has 184 valence electrons. The van der Waals surface area contributed by atoms with Crippen LogP contribution < -0.4 is 19.6 Å². The summed E-state index contributed by atoms with van der Waals surface area (Å²) in [5, 5.41) is 20.1. The molecule has 0 saturated carbocycles. The van der Waals surface area contributed by atoms with Crippen molar-refractivity contribution in [2.24, 2.45) is 0 Å². The molecule has 0 unspecified atom stereocenters. The fourth-order valence-electron chi connectivity index (χ4n) is 4.35. The second kappa shape index (κ2) is 8.88. The van der Waals surface area contributed by atoms with E-state index < -0.39 is 29.7 Å². The van der Waals surface area contributed by atoms with Crippen molar-refractivity contribution in [1.82, 2.24) is 0 Å². The zero-order valence-electron chi connectivity index (χ0n) is 18.7. The number of rotatable bonds is 5. The van der Waals surface area contributed by atoms with Gasteiger partial charge in [0.1, 0.15) is 34.5 Å². The van der Waals surface area contributed by atoms with Gasteiger partial charge in [0, 0.05) is 17.5 Å². The van der Waals surface area contributed by atoms with Gasteiger partial charge in [-0.1, -0.05) is 18.2 Å². The van der Waals surface area contributed by atoms with E-state index in [9.17, 15) is 28.6 Å².